The minimum absolute atomic E-state index is 0.0295. The van der Waals surface area contributed by atoms with Gasteiger partial charge in [0.05, 0.1) is 17.0 Å². The van der Waals surface area contributed by atoms with E-state index in [2.05, 4.69) is 36.9 Å². The van der Waals surface area contributed by atoms with Crippen molar-refractivity contribution in [1.29, 1.82) is 0 Å². The maximum absolute atomic E-state index is 14.3. The van der Waals surface area contributed by atoms with Crippen LogP contribution in [-0.4, -0.2) is 70.8 Å². The SMILES string of the molecule is CN1CCN(c2cc(N)cc(S(=O)NC[C@@H]3C[C@@H]4C[C@H]3[C@@H](Nc3nc(Cl)ncc3F)[C@H]4C(N)=O)c2)CC1. The van der Waals surface area contributed by atoms with Crippen molar-refractivity contribution >= 4 is 45.7 Å². The fourth-order valence-corrected chi connectivity index (χ4v) is 7.30. The second-order valence-corrected chi connectivity index (χ2v) is 11.9. The number of halogens is 2. The van der Waals surface area contributed by atoms with E-state index < -0.39 is 34.7 Å². The number of piperazine rings is 1. The number of amides is 1. The quantitative estimate of drug-likeness (QED) is 0.286. The number of hydrogen-bond acceptors (Lipinski definition) is 8. The Morgan fingerprint density at radius 2 is 2.00 bits per heavy atom. The van der Waals surface area contributed by atoms with Crippen LogP contribution in [0, 0.1) is 29.5 Å². The minimum Gasteiger partial charge on any atom is -0.399 e. The first-order valence-corrected chi connectivity index (χ1v) is 14.0. The number of nitrogens with zero attached hydrogens (tertiary/aromatic N) is 4. The van der Waals surface area contributed by atoms with Gasteiger partial charge in [0, 0.05) is 50.1 Å². The molecule has 6 N–H and O–H groups in total. The average molecular weight is 551 g/mol. The summed E-state index contributed by atoms with van der Waals surface area (Å²) in [5.74, 6) is -1.34. The third-order valence-corrected chi connectivity index (χ3v) is 9.24. The van der Waals surface area contributed by atoms with E-state index in [4.69, 9.17) is 23.1 Å². The molecule has 5 rings (SSSR count). The summed E-state index contributed by atoms with van der Waals surface area (Å²) in [6.07, 6.45) is 2.54. The molecule has 0 radical (unpaired) electrons. The third kappa shape index (κ3) is 5.52. The van der Waals surface area contributed by atoms with E-state index in [0.29, 0.717) is 17.1 Å². The van der Waals surface area contributed by atoms with Crippen molar-refractivity contribution in [1.82, 2.24) is 19.6 Å². The molecule has 2 aromatic rings. The maximum atomic E-state index is 14.3. The van der Waals surface area contributed by atoms with Gasteiger partial charge in [-0.1, -0.05) is 0 Å². The van der Waals surface area contributed by atoms with Crippen molar-refractivity contribution in [3.8, 4) is 0 Å². The molecule has 3 aliphatic rings. The molecular formula is C24H32ClFN8O2S. The number of carbonyl (C=O) groups excluding carboxylic acids is 1. The van der Waals surface area contributed by atoms with Gasteiger partial charge in [0.25, 0.3) is 0 Å². The van der Waals surface area contributed by atoms with Gasteiger partial charge in [-0.3, -0.25) is 4.79 Å². The maximum Gasteiger partial charge on any atom is 0.224 e. The number of primary amides is 1. The van der Waals surface area contributed by atoms with Crippen LogP contribution in [0.4, 0.5) is 21.6 Å². The molecule has 1 unspecified atom stereocenters. The molecule has 1 aromatic heterocycles. The van der Waals surface area contributed by atoms with Gasteiger partial charge in [-0.2, -0.15) is 4.98 Å². The third-order valence-electron chi connectivity index (χ3n) is 7.96. The van der Waals surface area contributed by atoms with Crippen LogP contribution < -0.4 is 26.4 Å². The van der Waals surface area contributed by atoms with E-state index in [-0.39, 0.29) is 28.9 Å². The molecular weight excluding hydrogens is 519 g/mol. The van der Waals surface area contributed by atoms with E-state index in [1.165, 1.54) is 0 Å². The molecule has 2 bridgehead atoms. The Morgan fingerprint density at radius 1 is 1.24 bits per heavy atom. The van der Waals surface area contributed by atoms with Gasteiger partial charge in [-0.05, 0) is 67.4 Å². The van der Waals surface area contributed by atoms with E-state index in [9.17, 15) is 13.4 Å². The average Bonchev–Trinajstić information content (AvgIpc) is 3.43. The van der Waals surface area contributed by atoms with Gasteiger partial charge >= 0.3 is 0 Å². The molecule has 1 amide bonds. The van der Waals surface area contributed by atoms with Crippen LogP contribution in [0.1, 0.15) is 12.8 Å². The van der Waals surface area contributed by atoms with Crippen LogP contribution in [0.3, 0.4) is 0 Å². The molecule has 3 fully saturated rings. The van der Waals surface area contributed by atoms with Gasteiger partial charge in [0.2, 0.25) is 11.2 Å². The normalized spacial score (nSPS) is 28.4. The minimum atomic E-state index is -1.46. The highest BCUT2D eigenvalue weighted by molar-refractivity contribution is 7.83. The molecule has 13 heteroatoms. The fraction of sp³-hybridized carbons (Fsp3) is 0.542. The number of likely N-dealkylation sites (N-methyl/N-ethyl adjacent to an activating group) is 1. The van der Waals surface area contributed by atoms with Crippen LogP contribution >= 0.6 is 11.6 Å². The Bertz CT molecular complexity index is 1200. The molecule has 200 valence electrons. The van der Waals surface area contributed by atoms with Crippen molar-refractivity contribution in [2.75, 3.05) is 55.7 Å². The Kier molecular flexibility index (Phi) is 7.53. The number of hydrogen-bond donors (Lipinski definition) is 4. The fourth-order valence-electron chi connectivity index (χ4n) is 6.17. The molecule has 2 aliphatic carbocycles. The highest BCUT2D eigenvalue weighted by Crippen LogP contribution is 2.52. The van der Waals surface area contributed by atoms with Gasteiger partial charge in [0.1, 0.15) is 11.0 Å². The van der Waals surface area contributed by atoms with Crippen LogP contribution in [0.25, 0.3) is 0 Å². The zero-order chi connectivity index (χ0) is 26.3. The van der Waals surface area contributed by atoms with E-state index >= 15 is 0 Å². The Hall–Kier alpha value is -2.54. The topological polar surface area (TPSA) is 142 Å². The number of fused-ring (bicyclic) bond motifs is 2. The molecule has 37 heavy (non-hydrogen) atoms. The number of aromatic nitrogens is 2. The largest absolute Gasteiger partial charge is 0.399 e. The first kappa shape index (κ1) is 26.1. The van der Waals surface area contributed by atoms with Crippen LogP contribution in [0.15, 0.2) is 29.3 Å². The lowest BCUT2D eigenvalue weighted by atomic mass is 9.78. The zero-order valence-electron chi connectivity index (χ0n) is 20.6. The van der Waals surface area contributed by atoms with Crippen LogP contribution in [0.5, 0.6) is 0 Å². The summed E-state index contributed by atoms with van der Waals surface area (Å²) in [4.78, 5) is 25.0. The van der Waals surface area contributed by atoms with E-state index in [1.807, 2.05) is 12.1 Å². The highest BCUT2D eigenvalue weighted by Gasteiger charge is 2.54. The molecule has 1 aromatic carbocycles. The Morgan fingerprint density at radius 3 is 2.73 bits per heavy atom. The lowest BCUT2D eigenvalue weighted by molar-refractivity contribution is -0.123. The lowest BCUT2D eigenvalue weighted by Crippen LogP contribution is -2.47. The number of nitrogen functional groups attached to an aromatic ring is 1. The van der Waals surface area contributed by atoms with Crippen molar-refractivity contribution in [3.05, 3.63) is 35.5 Å². The number of nitrogens with two attached hydrogens (primary N) is 2. The van der Waals surface area contributed by atoms with Crippen molar-refractivity contribution in [3.63, 3.8) is 0 Å². The Balaban J connectivity index is 1.26. The van der Waals surface area contributed by atoms with Gasteiger partial charge < -0.3 is 26.6 Å². The number of anilines is 3. The lowest BCUT2D eigenvalue weighted by Gasteiger charge is -2.35. The van der Waals surface area contributed by atoms with Gasteiger partial charge in [-0.15, -0.1) is 0 Å². The molecule has 2 saturated carbocycles. The number of rotatable bonds is 8. The second kappa shape index (κ2) is 10.7. The number of benzene rings is 1. The molecule has 1 saturated heterocycles. The Labute approximate surface area is 222 Å². The van der Waals surface area contributed by atoms with E-state index in [1.54, 1.807) is 6.07 Å². The summed E-state index contributed by atoms with van der Waals surface area (Å²) in [6, 6.07) is 5.19. The monoisotopic (exact) mass is 550 g/mol. The standard InChI is InChI=1S/C24H32ClFN8O2S/c1-33-2-4-34(5-3-33)16-8-15(27)9-17(10-16)37(36)30-11-14-6-13-7-18(14)21(20(13)22(28)35)31-23-19(26)12-29-24(25)32-23/h8-10,12-14,18,20-21,30H,2-7,11,27H2,1H3,(H2,28,35)(H,29,31,32)/t13-,14+,18-,20+,21-,37?/m1/s1. The first-order valence-electron chi connectivity index (χ1n) is 12.4. The van der Waals surface area contributed by atoms with Crippen LogP contribution in [0.2, 0.25) is 5.28 Å². The summed E-state index contributed by atoms with van der Waals surface area (Å²) < 4.78 is 30.7. The second-order valence-electron chi connectivity index (χ2n) is 10.3. The van der Waals surface area contributed by atoms with E-state index in [0.717, 1.165) is 50.9 Å². The first-order chi connectivity index (χ1) is 17.7. The smallest absolute Gasteiger partial charge is 0.224 e. The van der Waals surface area contributed by atoms with Crippen molar-refractivity contribution in [2.24, 2.45) is 29.4 Å². The summed E-state index contributed by atoms with van der Waals surface area (Å²) in [5, 5.41) is 2.99. The number of nitrogens with one attached hydrogen (secondary N) is 2. The molecule has 10 nitrogen and oxygen atoms in total. The predicted molar refractivity (Wildman–Crippen MR) is 142 cm³/mol. The molecule has 0 spiro atoms. The summed E-state index contributed by atoms with van der Waals surface area (Å²) in [6.45, 7) is 4.17. The van der Waals surface area contributed by atoms with Crippen LogP contribution in [-0.2, 0) is 15.8 Å². The summed E-state index contributed by atoms with van der Waals surface area (Å²) in [7, 11) is 0.635. The highest BCUT2D eigenvalue weighted by atomic mass is 35.5. The molecule has 2 heterocycles. The van der Waals surface area contributed by atoms with Gasteiger partial charge in [0.15, 0.2) is 11.6 Å². The summed E-state index contributed by atoms with van der Waals surface area (Å²) >= 11 is 5.85. The zero-order valence-corrected chi connectivity index (χ0v) is 22.1. The van der Waals surface area contributed by atoms with Gasteiger partial charge in [-0.25, -0.2) is 18.3 Å². The van der Waals surface area contributed by atoms with Crippen molar-refractivity contribution in [2.45, 2.75) is 23.8 Å². The number of carbonyl (C=O) groups is 1. The van der Waals surface area contributed by atoms with Crippen molar-refractivity contribution < 1.29 is 13.4 Å². The molecule has 6 atom stereocenters. The summed E-state index contributed by atoms with van der Waals surface area (Å²) in [5.41, 5.74) is 13.4. The predicted octanol–water partition coefficient (Wildman–Crippen LogP) is 1.45. The molecule has 1 aliphatic heterocycles.